The quantitative estimate of drug-likeness (QED) is 0.863. The van der Waals surface area contributed by atoms with Crippen LogP contribution in [0.5, 0.6) is 5.75 Å². The summed E-state index contributed by atoms with van der Waals surface area (Å²) in [5.41, 5.74) is 1.84. The number of aliphatic hydroxyl groups is 1. The van der Waals surface area contributed by atoms with E-state index in [4.69, 9.17) is 27.9 Å². The van der Waals surface area contributed by atoms with Gasteiger partial charge >= 0.3 is 0 Å². The second-order valence-electron chi connectivity index (χ2n) is 5.29. The average molecular weight is 323 g/mol. The Kier molecular flexibility index (Phi) is 4.39. The zero-order valence-electron chi connectivity index (χ0n) is 11.4. The molecule has 0 radical (unpaired) electrons. The van der Waals surface area contributed by atoms with Crippen LogP contribution in [0.1, 0.15) is 36.0 Å². The van der Waals surface area contributed by atoms with Gasteiger partial charge in [-0.25, -0.2) is 0 Å². The number of aliphatic hydroxyl groups excluding tert-OH is 1. The topological polar surface area (TPSA) is 29.5 Å². The van der Waals surface area contributed by atoms with Crippen molar-refractivity contribution < 1.29 is 9.84 Å². The smallest absolute Gasteiger partial charge is 0.122 e. The molecule has 2 aromatic rings. The van der Waals surface area contributed by atoms with Crippen LogP contribution in [-0.2, 0) is 0 Å². The molecule has 1 N–H and O–H groups in total. The molecule has 0 fully saturated rings. The van der Waals surface area contributed by atoms with Crippen molar-refractivity contribution in [1.82, 2.24) is 0 Å². The van der Waals surface area contributed by atoms with Gasteiger partial charge in [-0.05, 0) is 48.6 Å². The zero-order chi connectivity index (χ0) is 14.8. The van der Waals surface area contributed by atoms with E-state index in [1.165, 1.54) is 0 Å². The minimum absolute atomic E-state index is 0.264. The summed E-state index contributed by atoms with van der Waals surface area (Å²) in [5.74, 6) is 1.18. The van der Waals surface area contributed by atoms with Crippen LogP contribution >= 0.6 is 23.2 Å². The Bertz CT molecular complexity index is 642. The van der Waals surface area contributed by atoms with Crippen molar-refractivity contribution in [2.75, 3.05) is 6.61 Å². The second-order valence-corrected chi connectivity index (χ2v) is 6.13. The van der Waals surface area contributed by atoms with E-state index in [0.717, 1.165) is 17.7 Å². The summed E-state index contributed by atoms with van der Waals surface area (Å²) in [6, 6.07) is 13.2. The molecule has 2 unspecified atom stereocenters. The number of ether oxygens (including phenoxy) is 1. The van der Waals surface area contributed by atoms with Crippen molar-refractivity contribution in [3.8, 4) is 5.75 Å². The molecule has 110 valence electrons. The molecule has 1 aliphatic rings. The first kappa shape index (κ1) is 14.7. The van der Waals surface area contributed by atoms with Gasteiger partial charge in [-0.15, -0.1) is 0 Å². The van der Waals surface area contributed by atoms with Crippen molar-refractivity contribution in [3.63, 3.8) is 0 Å². The Hall–Kier alpha value is -1.22. The molecule has 0 saturated heterocycles. The maximum absolute atomic E-state index is 10.5. The lowest BCUT2D eigenvalue weighted by Gasteiger charge is -2.27. The van der Waals surface area contributed by atoms with Gasteiger partial charge in [0.25, 0.3) is 0 Å². The average Bonchev–Trinajstić information content (AvgIpc) is 2.50. The molecule has 1 heterocycles. The molecule has 3 rings (SSSR count). The first-order valence-corrected chi connectivity index (χ1v) is 7.75. The van der Waals surface area contributed by atoms with Crippen LogP contribution in [0, 0.1) is 0 Å². The highest BCUT2D eigenvalue weighted by atomic mass is 35.5. The fraction of sp³-hybridized carbons (Fsp3) is 0.294. The Balaban J connectivity index is 1.82. The lowest BCUT2D eigenvalue weighted by atomic mass is 9.86. The van der Waals surface area contributed by atoms with Gasteiger partial charge in [0.15, 0.2) is 0 Å². The van der Waals surface area contributed by atoms with Gasteiger partial charge in [0, 0.05) is 15.6 Å². The fourth-order valence-electron chi connectivity index (χ4n) is 2.83. The second kappa shape index (κ2) is 6.27. The van der Waals surface area contributed by atoms with Gasteiger partial charge in [-0.2, -0.15) is 0 Å². The van der Waals surface area contributed by atoms with E-state index >= 15 is 0 Å². The molecule has 2 atom stereocenters. The van der Waals surface area contributed by atoms with Crippen LogP contribution in [0.25, 0.3) is 0 Å². The summed E-state index contributed by atoms with van der Waals surface area (Å²) in [4.78, 5) is 0. The van der Waals surface area contributed by atoms with E-state index in [2.05, 4.69) is 6.07 Å². The molecule has 4 heteroatoms. The van der Waals surface area contributed by atoms with E-state index in [0.29, 0.717) is 28.6 Å². The minimum Gasteiger partial charge on any atom is -0.493 e. The van der Waals surface area contributed by atoms with Crippen molar-refractivity contribution in [2.45, 2.75) is 24.9 Å². The van der Waals surface area contributed by atoms with E-state index in [1.807, 2.05) is 18.2 Å². The van der Waals surface area contributed by atoms with Crippen LogP contribution in [0.3, 0.4) is 0 Å². The lowest BCUT2D eigenvalue weighted by molar-refractivity contribution is 0.145. The SMILES string of the molecule is OC(CC1CCOc2ccccc21)c1cc(Cl)ccc1Cl. The third-order valence-electron chi connectivity index (χ3n) is 3.91. The van der Waals surface area contributed by atoms with E-state index in [9.17, 15) is 5.11 Å². The van der Waals surface area contributed by atoms with E-state index < -0.39 is 6.10 Å². The maximum Gasteiger partial charge on any atom is 0.122 e. The molecule has 21 heavy (non-hydrogen) atoms. The largest absolute Gasteiger partial charge is 0.493 e. The number of benzene rings is 2. The summed E-state index contributed by atoms with van der Waals surface area (Å²) >= 11 is 12.2. The monoisotopic (exact) mass is 322 g/mol. The molecule has 0 amide bonds. The van der Waals surface area contributed by atoms with Gasteiger partial charge in [0.2, 0.25) is 0 Å². The number of hydrogen-bond donors (Lipinski definition) is 1. The highest BCUT2D eigenvalue weighted by molar-refractivity contribution is 6.33. The zero-order valence-corrected chi connectivity index (χ0v) is 12.9. The van der Waals surface area contributed by atoms with E-state index in [1.54, 1.807) is 18.2 Å². The Labute approximate surface area is 134 Å². The Morgan fingerprint density at radius 1 is 1.19 bits per heavy atom. The third-order valence-corrected chi connectivity index (χ3v) is 4.49. The van der Waals surface area contributed by atoms with Gasteiger partial charge < -0.3 is 9.84 Å². The molecule has 0 aliphatic carbocycles. The Morgan fingerprint density at radius 3 is 2.86 bits per heavy atom. The number of fused-ring (bicyclic) bond motifs is 1. The molecule has 2 aromatic carbocycles. The lowest BCUT2D eigenvalue weighted by Crippen LogP contribution is -2.16. The molecule has 2 nitrogen and oxygen atoms in total. The first-order chi connectivity index (χ1) is 10.1. The molecule has 0 bridgehead atoms. The summed E-state index contributed by atoms with van der Waals surface area (Å²) in [5, 5.41) is 11.7. The number of halogens is 2. The number of para-hydroxylation sites is 1. The van der Waals surface area contributed by atoms with Gasteiger partial charge in [-0.3, -0.25) is 0 Å². The minimum atomic E-state index is -0.632. The fourth-order valence-corrected chi connectivity index (χ4v) is 3.25. The van der Waals surface area contributed by atoms with Crippen molar-refractivity contribution in [2.24, 2.45) is 0 Å². The van der Waals surface area contributed by atoms with Crippen LogP contribution in [0.4, 0.5) is 0 Å². The molecule has 0 aromatic heterocycles. The molecular formula is C17H16Cl2O2. The summed E-state index contributed by atoms with van der Waals surface area (Å²) in [7, 11) is 0. The predicted octanol–water partition coefficient (Wildman–Crippen LogP) is 4.98. The molecule has 0 saturated carbocycles. The standard InChI is InChI=1S/C17H16Cl2O2/c18-12-5-6-15(19)14(10-12)16(20)9-11-7-8-21-17-4-2-1-3-13(11)17/h1-6,10-11,16,20H,7-9H2. The van der Waals surface area contributed by atoms with Gasteiger partial charge in [0.1, 0.15) is 5.75 Å². The van der Waals surface area contributed by atoms with Crippen LogP contribution in [0.2, 0.25) is 10.0 Å². The number of rotatable bonds is 3. The van der Waals surface area contributed by atoms with Crippen LogP contribution < -0.4 is 4.74 Å². The molecular weight excluding hydrogens is 307 g/mol. The van der Waals surface area contributed by atoms with Gasteiger partial charge in [0.05, 0.1) is 12.7 Å². The molecule has 0 spiro atoms. The number of hydrogen-bond acceptors (Lipinski definition) is 2. The highest BCUT2D eigenvalue weighted by Crippen LogP contribution is 2.40. The Morgan fingerprint density at radius 2 is 2.00 bits per heavy atom. The first-order valence-electron chi connectivity index (χ1n) is 7.00. The van der Waals surface area contributed by atoms with Gasteiger partial charge in [-0.1, -0.05) is 41.4 Å². The summed E-state index contributed by atoms with van der Waals surface area (Å²) < 4.78 is 5.66. The predicted molar refractivity (Wildman–Crippen MR) is 85.3 cm³/mol. The van der Waals surface area contributed by atoms with Crippen LogP contribution in [-0.4, -0.2) is 11.7 Å². The van der Waals surface area contributed by atoms with E-state index in [-0.39, 0.29) is 5.92 Å². The maximum atomic E-state index is 10.5. The van der Waals surface area contributed by atoms with Crippen molar-refractivity contribution >= 4 is 23.2 Å². The normalized spacial score (nSPS) is 18.7. The van der Waals surface area contributed by atoms with Crippen molar-refractivity contribution in [1.29, 1.82) is 0 Å². The summed E-state index contributed by atoms with van der Waals surface area (Å²) in [6.45, 7) is 0.678. The third kappa shape index (κ3) is 3.18. The highest BCUT2D eigenvalue weighted by Gasteiger charge is 2.25. The summed E-state index contributed by atoms with van der Waals surface area (Å²) in [6.07, 6.45) is 0.875. The van der Waals surface area contributed by atoms with Crippen LogP contribution in [0.15, 0.2) is 42.5 Å². The molecule has 1 aliphatic heterocycles. The van der Waals surface area contributed by atoms with Crippen molar-refractivity contribution in [3.05, 3.63) is 63.6 Å².